The van der Waals surface area contributed by atoms with E-state index in [1.54, 1.807) is 0 Å². The molecule has 1 atom stereocenters. The molecule has 2 rings (SSSR count). The van der Waals surface area contributed by atoms with Gasteiger partial charge in [-0.3, -0.25) is 4.79 Å². The van der Waals surface area contributed by atoms with Crippen molar-refractivity contribution < 1.29 is 4.79 Å². The predicted octanol–water partition coefficient (Wildman–Crippen LogP) is 1.11. The van der Waals surface area contributed by atoms with Crippen molar-refractivity contribution in [3.05, 3.63) is 35.4 Å². The molecule has 1 aromatic carbocycles. The fourth-order valence-electron chi connectivity index (χ4n) is 2.63. The Balaban J connectivity index is 1.87. The third kappa shape index (κ3) is 3.81. The minimum atomic E-state index is -0.0748. The van der Waals surface area contributed by atoms with Crippen molar-refractivity contribution >= 4 is 5.91 Å². The van der Waals surface area contributed by atoms with Gasteiger partial charge < -0.3 is 15.1 Å². The van der Waals surface area contributed by atoms with Gasteiger partial charge in [-0.25, -0.2) is 0 Å². The summed E-state index contributed by atoms with van der Waals surface area (Å²) < 4.78 is 0. The van der Waals surface area contributed by atoms with Gasteiger partial charge in [0.2, 0.25) is 5.91 Å². The van der Waals surface area contributed by atoms with Crippen LogP contribution in [0, 0.1) is 0 Å². The van der Waals surface area contributed by atoms with Crippen LogP contribution in [0.15, 0.2) is 24.3 Å². The number of fused-ring (bicyclic) bond motifs is 1. The molecular formula is C16H25N3O. The highest BCUT2D eigenvalue weighted by molar-refractivity contribution is 5.82. The number of rotatable bonds is 5. The van der Waals surface area contributed by atoms with E-state index >= 15 is 0 Å². The summed E-state index contributed by atoms with van der Waals surface area (Å²) in [4.78, 5) is 16.4. The summed E-state index contributed by atoms with van der Waals surface area (Å²) in [6.07, 6.45) is 1.81. The highest BCUT2D eigenvalue weighted by atomic mass is 16.2. The van der Waals surface area contributed by atoms with Crippen LogP contribution in [0.3, 0.4) is 0 Å². The maximum absolute atomic E-state index is 12.4. The zero-order valence-electron chi connectivity index (χ0n) is 12.7. The molecule has 0 fully saturated rings. The van der Waals surface area contributed by atoms with Crippen LogP contribution in [-0.2, 0) is 17.8 Å². The lowest BCUT2D eigenvalue weighted by atomic mass is 9.95. The Labute approximate surface area is 121 Å². The topological polar surface area (TPSA) is 35.6 Å². The van der Waals surface area contributed by atoms with Gasteiger partial charge in [-0.1, -0.05) is 24.3 Å². The first-order valence-corrected chi connectivity index (χ1v) is 7.28. The van der Waals surface area contributed by atoms with E-state index in [1.807, 2.05) is 18.0 Å². The van der Waals surface area contributed by atoms with E-state index in [2.05, 4.69) is 42.5 Å². The molecule has 0 saturated heterocycles. The molecule has 1 aliphatic rings. The average Bonchev–Trinajstić information content (AvgIpc) is 2.45. The van der Waals surface area contributed by atoms with E-state index in [0.29, 0.717) is 0 Å². The number of hydrogen-bond donors (Lipinski definition) is 1. The fourth-order valence-corrected chi connectivity index (χ4v) is 2.63. The van der Waals surface area contributed by atoms with E-state index < -0.39 is 0 Å². The maximum atomic E-state index is 12.4. The van der Waals surface area contributed by atoms with Crippen LogP contribution in [0.2, 0.25) is 0 Å². The minimum Gasteiger partial charge on any atom is -0.344 e. The molecule has 1 aromatic rings. The molecule has 0 spiro atoms. The first-order valence-electron chi connectivity index (χ1n) is 7.28. The van der Waals surface area contributed by atoms with Crippen molar-refractivity contribution in [2.24, 2.45) is 0 Å². The number of carbonyl (C=O) groups is 1. The van der Waals surface area contributed by atoms with Gasteiger partial charge in [0.05, 0.1) is 6.04 Å². The average molecular weight is 275 g/mol. The summed E-state index contributed by atoms with van der Waals surface area (Å²) in [5.41, 5.74) is 2.61. The van der Waals surface area contributed by atoms with Crippen LogP contribution in [0.5, 0.6) is 0 Å². The minimum absolute atomic E-state index is 0.0748. The normalized spacial score (nSPS) is 17.9. The summed E-state index contributed by atoms with van der Waals surface area (Å²) in [6.45, 7) is 2.62. The molecule has 0 saturated carbocycles. The highest BCUT2D eigenvalue weighted by Crippen LogP contribution is 2.17. The zero-order valence-corrected chi connectivity index (χ0v) is 12.7. The number of carbonyl (C=O) groups excluding carboxylic acids is 1. The van der Waals surface area contributed by atoms with Crippen molar-refractivity contribution in [1.82, 2.24) is 15.1 Å². The van der Waals surface area contributed by atoms with Crippen LogP contribution in [0.4, 0.5) is 0 Å². The molecule has 1 N–H and O–H groups in total. The van der Waals surface area contributed by atoms with Gasteiger partial charge in [0.15, 0.2) is 0 Å². The second-order valence-electron chi connectivity index (χ2n) is 5.82. The summed E-state index contributed by atoms with van der Waals surface area (Å²) in [5.74, 6) is 0.207. The van der Waals surface area contributed by atoms with E-state index in [9.17, 15) is 4.79 Å². The summed E-state index contributed by atoms with van der Waals surface area (Å²) in [7, 11) is 6.02. The third-order valence-electron chi connectivity index (χ3n) is 3.85. The fraction of sp³-hybridized carbons (Fsp3) is 0.562. The van der Waals surface area contributed by atoms with Crippen LogP contribution in [0.25, 0.3) is 0 Å². The smallest absolute Gasteiger partial charge is 0.239 e. The van der Waals surface area contributed by atoms with Crippen molar-refractivity contribution in [1.29, 1.82) is 0 Å². The van der Waals surface area contributed by atoms with E-state index in [1.165, 1.54) is 11.1 Å². The Kier molecular flexibility index (Phi) is 5.15. The van der Waals surface area contributed by atoms with Crippen molar-refractivity contribution in [3.63, 3.8) is 0 Å². The summed E-state index contributed by atoms with van der Waals surface area (Å²) in [6, 6.07) is 8.28. The number of nitrogens with zero attached hydrogens (tertiary/aromatic N) is 2. The molecule has 1 unspecified atom stereocenters. The molecule has 4 heteroatoms. The van der Waals surface area contributed by atoms with Gasteiger partial charge in [-0.2, -0.15) is 0 Å². The summed E-state index contributed by atoms with van der Waals surface area (Å²) >= 11 is 0. The maximum Gasteiger partial charge on any atom is 0.239 e. The quantitative estimate of drug-likeness (QED) is 0.874. The Hall–Kier alpha value is -1.39. The number of benzene rings is 1. The molecule has 1 aliphatic heterocycles. The standard InChI is InChI=1S/C16H25N3O/c1-18(2)9-6-10-19(3)16(20)15-11-13-7-4-5-8-14(13)12-17-15/h4-5,7-8,15,17H,6,9-12H2,1-3H3. The lowest BCUT2D eigenvalue weighted by molar-refractivity contribution is -0.132. The van der Waals surface area contributed by atoms with Crippen LogP contribution in [0.1, 0.15) is 17.5 Å². The van der Waals surface area contributed by atoms with Gasteiger partial charge in [0.1, 0.15) is 0 Å². The van der Waals surface area contributed by atoms with Crippen LogP contribution < -0.4 is 5.32 Å². The van der Waals surface area contributed by atoms with Gasteiger partial charge in [0, 0.05) is 20.1 Å². The Morgan fingerprint density at radius 2 is 1.90 bits per heavy atom. The molecule has 1 heterocycles. The zero-order chi connectivity index (χ0) is 14.5. The van der Waals surface area contributed by atoms with Gasteiger partial charge in [-0.15, -0.1) is 0 Å². The number of nitrogens with one attached hydrogen (secondary N) is 1. The van der Waals surface area contributed by atoms with Crippen molar-refractivity contribution in [2.45, 2.75) is 25.4 Å². The van der Waals surface area contributed by atoms with Gasteiger partial charge in [0.25, 0.3) is 0 Å². The summed E-state index contributed by atoms with van der Waals surface area (Å²) in [5, 5.41) is 3.35. The van der Waals surface area contributed by atoms with E-state index in [-0.39, 0.29) is 11.9 Å². The molecule has 0 radical (unpaired) electrons. The Bertz CT molecular complexity index is 459. The van der Waals surface area contributed by atoms with Gasteiger partial charge >= 0.3 is 0 Å². The lowest BCUT2D eigenvalue weighted by Crippen LogP contribution is -2.48. The molecule has 0 aromatic heterocycles. The third-order valence-corrected chi connectivity index (χ3v) is 3.85. The molecule has 4 nitrogen and oxygen atoms in total. The van der Waals surface area contributed by atoms with Crippen molar-refractivity contribution in [3.8, 4) is 0 Å². The second kappa shape index (κ2) is 6.86. The highest BCUT2D eigenvalue weighted by Gasteiger charge is 2.25. The molecular weight excluding hydrogens is 250 g/mol. The van der Waals surface area contributed by atoms with Crippen LogP contribution in [-0.4, -0.2) is 56.0 Å². The number of amides is 1. The largest absolute Gasteiger partial charge is 0.344 e. The first-order chi connectivity index (χ1) is 9.58. The molecule has 0 aliphatic carbocycles. The Morgan fingerprint density at radius 1 is 1.20 bits per heavy atom. The number of hydrogen-bond acceptors (Lipinski definition) is 3. The van der Waals surface area contributed by atoms with E-state index in [4.69, 9.17) is 0 Å². The monoisotopic (exact) mass is 275 g/mol. The second-order valence-corrected chi connectivity index (χ2v) is 5.82. The Morgan fingerprint density at radius 3 is 2.60 bits per heavy atom. The molecule has 0 bridgehead atoms. The molecule has 110 valence electrons. The molecule has 1 amide bonds. The lowest BCUT2D eigenvalue weighted by Gasteiger charge is -2.29. The molecule has 20 heavy (non-hydrogen) atoms. The predicted molar refractivity (Wildman–Crippen MR) is 81.6 cm³/mol. The van der Waals surface area contributed by atoms with Crippen molar-refractivity contribution in [2.75, 3.05) is 34.2 Å². The SMILES string of the molecule is CN(C)CCCN(C)C(=O)C1Cc2ccccc2CN1. The number of likely N-dealkylation sites (N-methyl/N-ethyl adjacent to an activating group) is 1. The van der Waals surface area contributed by atoms with Crippen LogP contribution >= 0.6 is 0 Å². The van der Waals surface area contributed by atoms with E-state index in [0.717, 1.165) is 32.5 Å². The van der Waals surface area contributed by atoms with Gasteiger partial charge in [-0.05, 0) is 44.6 Å². The first kappa shape index (κ1) is 15.0.